The van der Waals surface area contributed by atoms with Gasteiger partial charge in [0.05, 0.1) is 4.47 Å². The second-order valence-electron chi connectivity index (χ2n) is 4.05. The number of nitrogens with zero attached hydrogens (tertiary/aromatic N) is 1. The van der Waals surface area contributed by atoms with Crippen LogP contribution in [0.4, 0.5) is 4.39 Å². The van der Waals surface area contributed by atoms with E-state index in [9.17, 15) is 4.39 Å². The number of aromatic amines is 1. The van der Waals surface area contributed by atoms with E-state index in [-0.39, 0.29) is 5.82 Å². The largest absolute Gasteiger partial charge is 0.330 e. The molecule has 2 aromatic carbocycles. The first-order valence-corrected chi connectivity index (χ1v) is 6.79. The van der Waals surface area contributed by atoms with Gasteiger partial charge in [0.25, 0.3) is 0 Å². The first-order valence-electron chi connectivity index (χ1n) is 5.59. The van der Waals surface area contributed by atoms with Gasteiger partial charge in [0, 0.05) is 17.1 Å². The SMILES string of the molecule is Fc1ccc(-c2ncc(Br)c(=S)[nH]2)c2ccccc12. The van der Waals surface area contributed by atoms with Gasteiger partial charge in [-0.25, -0.2) is 9.37 Å². The lowest BCUT2D eigenvalue weighted by molar-refractivity contribution is 0.640. The summed E-state index contributed by atoms with van der Waals surface area (Å²) in [5.41, 5.74) is 0.829. The molecule has 0 spiro atoms. The molecule has 0 saturated carbocycles. The van der Waals surface area contributed by atoms with Crippen molar-refractivity contribution in [3.8, 4) is 11.4 Å². The quantitative estimate of drug-likeness (QED) is 0.643. The third kappa shape index (κ3) is 2.19. The van der Waals surface area contributed by atoms with E-state index in [0.29, 0.717) is 15.9 Å². The topological polar surface area (TPSA) is 28.7 Å². The fourth-order valence-electron chi connectivity index (χ4n) is 1.99. The summed E-state index contributed by atoms with van der Waals surface area (Å²) in [6.07, 6.45) is 1.65. The van der Waals surface area contributed by atoms with Crippen LogP contribution in [-0.2, 0) is 0 Å². The van der Waals surface area contributed by atoms with Crippen molar-refractivity contribution in [2.75, 3.05) is 0 Å². The highest BCUT2D eigenvalue weighted by molar-refractivity contribution is 9.10. The molecule has 1 heterocycles. The van der Waals surface area contributed by atoms with Crippen LogP contribution in [0.3, 0.4) is 0 Å². The van der Waals surface area contributed by atoms with Gasteiger partial charge in [0.2, 0.25) is 0 Å². The number of nitrogens with one attached hydrogen (secondary N) is 1. The van der Waals surface area contributed by atoms with Gasteiger partial charge in [-0.15, -0.1) is 0 Å². The zero-order valence-electron chi connectivity index (χ0n) is 9.65. The molecule has 0 radical (unpaired) electrons. The van der Waals surface area contributed by atoms with E-state index >= 15 is 0 Å². The predicted molar refractivity (Wildman–Crippen MR) is 80.0 cm³/mol. The lowest BCUT2D eigenvalue weighted by Crippen LogP contribution is -1.92. The molecule has 1 N–H and O–H groups in total. The molecule has 0 unspecified atom stereocenters. The summed E-state index contributed by atoms with van der Waals surface area (Å²) in [7, 11) is 0. The Kier molecular flexibility index (Phi) is 3.16. The van der Waals surface area contributed by atoms with Crippen LogP contribution >= 0.6 is 28.1 Å². The van der Waals surface area contributed by atoms with Crippen molar-refractivity contribution in [3.63, 3.8) is 0 Å². The van der Waals surface area contributed by atoms with Crippen molar-refractivity contribution in [2.45, 2.75) is 0 Å². The van der Waals surface area contributed by atoms with E-state index in [1.54, 1.807) is 18.3 Å². The molecule has 19 heavy (non-hydrogen) atoms. The minimum atomic E-state index is -0.241. The Hall–Kier alpha value is -1.59. The lowest BCUT2D eigenvalue weighted by atomic mass is 10.0. The van der Waals surface area contributed by atoms with Crippen LogP contribution in [0.2, 0.25) is 0 Å². The molecule has 3 aromatic rings. The smallest absolute Gasteiger partial charge is 0.138 e. The second-order valence-corrected chi connectivity index (χ2v) is 5.31. The molecule has 1 aromatic heterocycles. The van der Waals surface area contributed by atoms with Gasteiger partial charge in [-0.1, -0.05) is 36.5 Å². The first-order chi connectivity index (χ1) is 9.16. The van der Waals surface area contributed by atoms with Crippen molar-refractivity contribution in [1.82, 2.24) is 9.97 Å². The number of H-pyrrole nitrogens is 1. The maximum absolute atomic E-state index is 13.8. The molecule has 0 aliphatic heterocycles. The molecular formula is C14H8BrFN2S. The van der Waals surface area contributed by atoms with Crippen molar-refractivity contribution in [3.05, 3.63) is 57.5 Å². The number of hydrogen-bond donors (Lipinski definition) is 1. The maximum Gasteiger partial charge on any atom is 0.138 e. The van der Waals surface area contributed by atoms with E-state index in [4.69, 9.17) is 12.2 Å². The van der Waals surface area contributed by atoms with E-state index in [2.05, 4.69) is 25.9 Å². The Labute approximate surface area is 122 Å². The van der Waals surface area contributed by atoms with Crippen LogP contribution in [0.15, 0.2) is 47.1 Å². The van der Waals surface area contributed by atoms with E-state index in [1.807, 2.05) is 18.2 Å². The summed E-state index contributed by atoms with van der Waals surface area (Å²) < 4.78 is 15.1. The highest BCUT2D eigenvalue weighted by Crippen LogP contribution is 2.28. The summed E-state index contributed by atoms with van der Waals surface area (Å²) in [5, 5.41) is 1.38. The third-order valence-electron chi connectivity index (χ3n) is 2.88. The minimum Gasteiger partial charge on any atom is -0.330 e. The zero-order chi connectivity index (χ0) is 13.4. The summed E-state index contributed by atoms with van der Waals surface area (Å²) in [4.78, 5) is 7.34. The highest BCUT2D eigenvalue weighted by Gasteiger charge is 2.09. The molecule has 0 atom stereocenters. The molecule has 0 fully saturated rings. The van der Waals surface area contributed by atoms with Gasteiger partial charge in [0.15, 0.2) is 0 Å². The summed E-state index contributed by atoms with van der Waals surface area (Å²) >= 11 is 8.48. The monoisotopic (exact) mass is 334 g/mol. The third-order valence-corrected chi connectivity index (χ3v) is 4.07. The molecule has 2 nitrogen and oxygen atoms in total. The number of rotatable bonds is 1. The highest BCUT2D eigenvalue weighted by atomic mass is 79.9. The second kappa shape index (κ2) is 4.83. The Balaban J connectivity index is 2.34. The van der Waals surface area contributed by atoms with Crippen LogP contribution in [0.25, 0.3) is 22.2 Å². The molecule has 5 heteroatoms. The molecule has 0 aliphatic carbocycles. The minimum absolute atomic E-state index is 0.241. The van der Waals surface area contributed by atoms with Crippen LogP contribution < -0.4 is 0 Å². The molecule has 0 amide bonds. The molecule has 0 saturated heterocycles. The Morgan fingerprint density at radius 3 is 2.58 bits per heavy atom. The van der Waals surface area contributed by atoms with E-state index in [1.165, 1.54) is 6.07 Å². The van der Waals surface area contributed by atoms with Gasteiger partial charge in [-0.3, -0.25) is 0 Å². The average Bonchev–Trinajstić information content (AvgIpc) is 2.43. The Bertz CT molecular complexity index is 829. The van der Waals surface area contributed by atoms with Gasteiger partial charge in [0.1, 0.15) is 16.3 Å². The normalized spacial score (nSPS) is 10.8. The average molecular weight is 335 g/mol. The van der Waals surface area contributed by atoms with Crippen molar-refractivity contribution in [2.24, 2.45) is 0 Å². The molecule has 94 valence electrons. The van der Waals surface area contributed by atoms with Gasteiger partial charge in [-0.2, -0.15) is 0 Å². The zero-order valence-corrected chi connectivity index (χ0v) is 12.1. The fourth-order valence-corrected chi connectivity index (χ4v) is 2.34. The molecule has 0 aliphatic rings. The van der Waals surface area contributed by atoms with Gasteiger partial charge in [-0.05, 0) is 33.4 Å². The number of fused-ring (bicyclic) bond motifs is 1. The summed E-state index contributed by atoms with van der Waals surface area (Å²) in [6, 6.07) is 10.5. The molecule has 0 bridgehead atoms. The van der Waals surface area contributed by atoms with Crippen LogP contribution in [0.5, 0.6) is 0 Å². The van der Waals surface area contributed by atoms with Crippen molar-refractivity contribution in [1.29, 1.82) is 0 Å². The molecule has 3 rings (SSSR count). The number of hydrogen-bond acceptors (Lipinski definition) is 2. The van der Waals surface area contributed by atoms with Crippen molar-refractivity contribution >= 4 is 38.9 Å². The van der Waals surface area contributed by atoms with Crippen LogP contribution in [0.1, 0.15) is 0 Å². The maximum atomic E-state index is 13.8. The Morgan fingerprint density at radius 2 is 1.84 bits per heavy atom. The summed E-state index contributed by atoms with van der Waals surface area (Å²) in [6.45, 7) is 0. The number of halogens is 2. The van der Waals surface area contributed by atoms with Crippen LogP contribution in [0, 0.1) is 10.5 Å². The first kappa shape index (κ1) is 12.4. The standard InChI is InChI=1S/C14H8BrFN2S/c15-11-7-17-13(18-14(11)19)10-5-6-12(16)9-4-2-1-3-8(9)10/h1-7H,(H,17,18,19). The van der Waals surface area contributed by atoms with Gasteiger partial charge >= 0.3 is 0 Å². The van der Waals surface area contributed by atoms with Gasteiger partial charge < -0.3 is 4.98 Å². The van der Waals surface area contributed by atoms with E-state index < -0.39 is 0 Å². The lowest BCUT2D eigenvalue weighted by Gasteiger charge is -2.07. The number of aromatic nitrogens is 2. The molecular weight excluding hydrogens is 327 g/mol. The Morgan fingerprint density at radius 1 is 1.11 bits per heavy atom. The van der Waals surface area contributed by atoms with Crippen LogP contribution in [-0.4, -0.2) is 9.97 Å². The fraction of sp³-hybridized carbons (Fsp3) is 0. The predicted octanol–water partition coefficient (Wildman–Crippen LogP) is 4.86. The summed E-state index contributed by atoms with van der Waals surface area (Å²) in [5.74, 6) is 0.388. The number of benzene rings is 2. The van der Waals surface area contributed by atoms with E-state index in [0.717, 1.165) is 15.4 Å². The van der Waals surface area contributed by atoms with Crippen molar-refractivity contribution < 1.29 is 4.39 Å².